The van der Waals surface area contributed by atoms with Gasteiger partial charge in [0.15, 0.2) is 0 Å². The van der Waals surface area contributed by atoms with Crippen LogP contribution in [0.3, 0.4) is 0 Å². The first kappa shape index (κ1) is 25.6. The third-order valence-corrected chi connectivity index (χ3v) is 7.14. The lowest BCUT2D eigenvalue weighted by Gasteiger charge is -2.24. The first-order valence-corrected chi connectivity index (χ1v) is 12.2. The summed E-state index contributed by atoms with van der Waals surface area (Å²) in [7, 11) is 1.52. The fraction of sp³-hybridized carbons (Fsp3) is 0.320. The molecular weight excluding hydrogens is 476 g/mol. The van der Waals surface area contributed by atoms with Gasteiger partial charge in [-0.3, -0.25) is 14.4 Å². The summed E-state index contributed by atoms with van der Waals surface area (Å²) in [6.07, 6.45) is 4.95. The highest BCUT2D eigenvalue weighted by atomic mass is 35.5. The molecule has 0 heterocycles. The Bertz CT molecular complexity index is 1090. The summed E-state index contributed by atoms with van der Waals surface area (Å²) < 4.78 is 5.30. The van der Waals surface area contributed by atoms with Crippen molar-refractivity contribution in [2.75, 3.05) is 17.7 Å². The van der Waals surface area contributed by atoms with Gasteiger partial charge in [-0.25, -0.2) is 0 Å². The van der Waals surface area contributed by atoms with E-state index in [1.807, 2.05) is 19.1 Å². The van der Waals surface area contributed by atoms with Crippen molar-refractivity contribution in [2.45, 2.75) is 36.3 Å². The third-order valence-electron chi connectivity index (χ3n) is 5.55. The smallest absolute Gasteiger partial charge is 0.307 e. The number of anilines is 2. The number of carbonyl (C=O) groups is 3. The Balaban J connectivity index is 1.68. The molecule has 1 aliphatic rings. The van der Waals surface area contributed by atoms with Crippen LogP contribution < -0.4 is 15.4 Å². The SMILES string of the molecule is CCC(Sc1cccc(NC(=O)C2CC=CCC2C(=O)O)c1)C(=O)Nc1cc(Cl)ccc1OC. The van der Waals surface area contributed by atoms with E-state index in [0.29, 0.717) is 41.4 Å². The second-order valence-corrected chi connectivity index (χ2v) is 9.57. The number of carboxylic acids is 1. The van der Waals surface area contributed by atoms with Crippen LogP contribution in [0.4, 0.5) is 11.4 Å². The number of halogens is 1. The van der Waals surface area contributed by atoms with Gasteiger partial charge < -0.3 is 20.5 Å². The number of allylic oxidation sites excluding steroid dienone is 2. The normalized spacial score (nSPS) is 18.1. The van der Waals surface area contributed by atoms with E-state index in [1.165, 1.54) is 18.9 Å². The van der Waals surface area contributed by atoms with Crippen molar-refractivity contribution in [2.24, 2.45) is 11.8 Å². The minimum atomic E-state index is -0.970. The average Bonchev–Trinajstić information content (AvgIpc) is 2.82. The Morgan fingerprint density at radius 2 is 1.85 bits per heavy atom. The number of amides is 2. The second-order valence-electron chi connectivity index (χ2n) is 7.86. The molecule has 3 N–H and O–H groups in total. The molecule has 0 spiro atoms. The van der Waals surface area contributed by atoms with Gasteiger partial charge in [-0.2, -0.15) is 0 Å². The van der Waals surface area contributed by atoms with Gasteiger partial charge in [0.25, 0.3) is 0 Å². The Hall–Kier alpha value is -2.97. The van der Waals surface area contributed by atoms with E-state index in [-0.39, 0.29) is 11.8 Å². The van der Waals surface area contributed by atoms with Crippen LogP contribution in [0, 0.1) is 11.8 Å². The summed E-state index contributed by atoms with van der Waals surface area (Å²) in [5.41, 5.74) is 1.05. The van der Waals surface area contributed by atoms with E-state index in [1.54, 1.807) is 42.5 Å². The van der Waals surface area contributed by atoms with Crippen LogP contribution in [0.5, 0.6) is 5.75 Å². The minimum Gasteiger partial charge on any atom is -0.495 e. The molecule has 3 rings (SSSR count). The van der Waals surface area contributed by atoms with Gasteiger partial charge >= 0.3 is 5.97 Å². The molecule has 7 nitrogen and oxygen atoms in total. The number of carboxylic acid groups (broad SMARTS) is 1. The monoisotopic (exact) mass is 502 g/mol. The van der Waals surface area contributed by atoms with Gasteiger partial charge in [0.2, 0.25) is 11.8 Å². The van der Waals surface area contributed by atoms with E-state index >= 15 is 0 Å². The van der Waals surface area contributed by atoms with Crippen molar-refractivity contribution in [1.29, 1.82) is 0 Å². The fourth-order valence-electron chi connectivity index (χ4n) is 3.74. The van der Waals surface area contributed by atoms with Gasteiger partial charge in [-0.15, -0.1) is 11.8 Å². The summed E-state index contributed by atoms with van der Waals surface area (Å²) in [6.45, 7) is 1.92. The van der Waals surface area contributed by atoms with Crippen molar-refractivity contribution >= 4 is 52.5 Å². The maximum atomic E-state index is 12.9. The summed E-state index contributed by atoms with van der Waals surface area (Å²) in [4.78, 5) is 38.0. The summed E-state index contributed by atoms with van der Waals surface area (Å²) in [5.74, 6) is -2.33. The first-order valence-electron chi connectivity index (χ1n) is 10.9. The highest BCUT2D eigenvalue weighted by Gasteiger charge is 2.34. The molecule has 0 saturated carbocycles. The Labute approximate surface area is 207 Å². The quantitative estimate of drug-likeness (QED) is 0.310. The maximum absolute atomic E-state index is 12.9. The minimum absolute atomic E-state index is 0.194. The van der Waals surface area contributed by atoms with Gasteiger partial charge in [-0.05, 0) is 55.7 Å². The van der Waals surface area contributed by atoms with Crippen LogP contribution in [0.15, 0.2) is 59.5 Å². The lowest BCUT2D eigenvalue weighted by molar-refractivity contribution is -0.146. The van der Waals surface area contributed by atoms with Crippen LogP contribution in [0.25, 0.3) is 0 Å². The van der Waals surface area contributed by atoms with Gasteiger partial charge in [0.1, 0.15) is 5.75 Å². The number of ether oxygens (including phenoxy) is 1. The van der Waals surface area contributed by atoms with Gasteiger partial charge in [0.05, 0.1) is 29.9 Å². The van der Waals surface area contributed by atoms with Crippen LogP contribution in [-0.4, -0.2) is 35.2 Å². The molecule has 0 saturated heterocycles. The molecule has 0 aliphatic heterocycles. The van der Waals surface area contributed by atoms with Gasteiger partial charge in [-0.1, -0.05) is 36.7 Å². The van der Waals surface area contributed by atoms with Crippen molar-refractivity contribution in [3.63, 3.8) is 0 Å². The van der Waals surface area contributed by atoms with Crippen LogP contribution in [-0.2, 0) is 14.4 Å². The molecule has 9 heteroatoms. The fourth-order valence-corrected chi connectivity index (χ4v) is 4.92. The predicted molar refractivity (Wildman–Crippen MR) is 135 cm³/mol. The summed E-state index contributed by atoms with van der Waals surface area (Å²) >= 11 is 7.43. The molecule has 180 valence electrons. The second kappa shape index (κ2) is 11.9. The molecule has 3 unspecified atom stereocenters. The van der Waals surface area contributed by atoms with Gasteiger partial charge in [0, 0.05) is 15.6 Å². The lowest BCUT2D eigenvalue weighted by Crippen LogP contribution is -2.34. The number of methoxy groups -OCH3 is 1. The third kappa shape index (κ3) is 6.55. The van der Waals surface area contributed by atoms with Crippen molar-refractivity contribution in [1.82, 2.24) is 0 Å². The number of hydrogen-bond donors (Lipinski definition) is 3. The molecule has 2 aromatic carbocycles. The van der Waals surface area contributed by atoms with E-state index in [4.69, 9.17) is 16.3 Å². The van der Waals surface area contributed by atoms with E-state index < -0.39 is 23.1 Å². The molecule has 2 amide bonds. The number of rotatable bonds is 9. The van der Waals surface area contributed by atoms with E-state index in [0.717, 1.165) is 4.90 Å². The largest absolute Gasteiger partial charge is 0.495 e. The Kier molecular flexibility index (Phi) is 9.01. The summed E-state index contributed by atoms with van der Waals surface area (Å²) in [5, 5.41) is 15.2. The highest BCUT2D eigenvalue weighted by molar-refractivity contribution is 8.00. The van der Waals surface area contributed by atoms with Crippen molar-refractivity contribution in [3.8, 4) is 5.75 Å². The van der Waals surface area contributed by atoms with E-state index in [9.17, 15) is 19.5 Å². The van der Waals surface area contributed by atoms with Crippen molar-refractivity contribution < 1.29 is 24.2 Å². The molecular formula is C25H27ClN2O5S. The first-order chi connectivity index (χ1) is 16.3. The topological polar surface area (TPSA) is 105 Å². The molecule has 0 aromatic heterocycles. The van der Waals surface area contributed by atoms with E-state index in [2.05, 4.69) is 10.6 Å². The lowest BCUT2D eigenvalue weighted by atomic mass is 9.82. The number of aliphatic carboxylic acids is 1. The molecule has 0 bridgehead atoms. The zero-order valence-electron chi connectivity index (χ0n) is 18.9. The number of thioether (sulfide) groups is 1. The molecule has 0 radical (unpaired) electrons. The molecule has 34 heavy (non-hydrogen) atoms. The zero-order valence-corrected chi connectivity index (χ0v) is 20.5. The standard InChI is InChI=1S/C25H27ClN2O5S/c1-3-22(24(30)28-20-13-15(26)11-12-21(20)33-2)34-17-8-6-7-16(14-17)27-23(29)18-9-4-5-10-19(18)25(31)32/h4-8,11-14,18-19,22H,3,9-10H2,1-2H3,(H,27,29)(H,28,30)(H,31,32). The van der Waals surface area contributed by atoms with Crippen LogP contribution in [0.2, 0.25) is 5.02 Å². The highest BCUT2D eigenvalue weighted by Crippen LogP contribution is 2.32. The summed E-state index contributed by atoms with van der Waals surface area (Å²) in [6, 6.07) is 12.2. The number of hydrogen-bond acceptors (Lipinski definition) is 5. The number of benzene rings is 2. The molecule has 2 aromatic rings. The number of nitrogens with one attached hydrogen (secondary N) is 2. The predicted octanol–water partition coefficient (Wildman–Crippen LogP) is 5.46. The maximum Gasteiger partial charge on any atom is 0.307 e. The zero-order chi connectivity index (χ0) is 24.7. The number of carbonyl (C=O) groups excluding carboxylic acids is 2. The Morgan fingerprint density at radius 3 is 2.53 bits per heavy atom. The van der Waals surface area contributed by atoms with Crippen LogP contribution >= 0.6 is 23.4 Å². The van der Waals surface area contributed by atoms with Crippen LogP contribution in [0.1, 0.15) is 26.2 Å². The Morgan fingerprint density at radius 1 is 1.12 bits per heavy atom. The molecule has 0 fully saturated rings. The average molecular weight is 503 g/mol. The molecule has 3 atom stereocenters. The molecule has 1 aliphatic carbocycles. The van der Waals surface area contributed by atoms with Crippen molar-refractivity contribution in [3.05, 3.63) is 59.6 Å².